The van der Waals surface area contributed by atoms with Crippen molar-refractivity contribution in [3.63, 3.8) is 0 Å². The van der Waals surface area contributed by atoms with Crippen molar-refractivity contribution >= 4 is 7.82 Å². The summed E-state index contributed by atoms with van der Waals surface area (Å²) >= 11 is 0. The van der Waals surface area contributed by atoms with Gasteiger partial charge in [0.25, 0.3) is 0 Å². The zero-order valence-corrected chi connectivity index (χ0v) is 20.0. The first kappa shape index (κ1) is 23.9. The van der Waals surface area contributed by atoms with E-state index in [0.717, 1.165) is 24.0 Å². The molecular formula is C28H33O4P. The van der Waals surface area contributed by atoms with E-state index in [4.69, 9.17) is 13.6 Å². The van der Waals surface area contributed by atoms with Crippen molar-refractivity contribution < 1.29 is 18.1 Å². The first-order valence-electron chi connectivity index (χ1n) is 11.9. The molecule has 0 aliphatic heterocycles. The van der Waals surface area contributed by atoms with E-state index in [0.29, 0.717) is 12.5 Å². The Kier molecular flexibility index (Phi) is 8.91. The molecule has 0 atom stereocenters. The molecule has 5 heteroatoms. The minimum Gasteiger partial charge on any atom is -0.287 e. The molecule has 33 heavy (non-hydrogen) atoms. The number of hydrogen-bond donors (Lipinski definition) is 0. The molecule has 0 spiro atoms. The molecule has 1 aliphatic carbocycles. The fourth-order valence-electron chi connectivity index (χ4n) is 4.40. The SMILES string of the molecule is O=P(OCCCc1ccccc1C1CCCC1)(OCc1ccccc1)OCc1ccccc1. The van der Waals surface area contributed by atoms with Gasteiger partial charge in [0.2, 0.25) is 0 Å². The molecule has 4 rings (SSSR count). The van der Waals surface area contributed by atoms with Crippen LogP contribution < -0.4 is 0 Å². The van der Waals surface area contributed by atoms with Crippen LogP contribution in [0.1, 0.15) is 60.3 Å². The maximum atomic E-state index is 13.4. The second kappa shape index (κ2) is 12.3. The van der Waals surface area contributed by atoms with Crippen LogP contribution in [0.5, 0.6) is 0 Å². The van der Waals surface area contributed by atoms with Gasteiger partial charge in [-0.1, -0.05) is 97.8 Å². The zero-order valence-electron chi connectivity index (χ0n) is 19.1. The number of aryl methyl sites for hydroxylation is 1. The number of phosphoric acid groups is 1. The van der Waals surface area contributed by atoms with Crippen LogP contribution in [0.2, 0.25) is 0 Å². The second-order valence-corrected chi connectivity index (χ2v) is 10.3. The van der Waals surface area contributed by atoms with Gasteiger partial charge in [-0.2, -0.15) is 0 Å². The summed E-state index contributed by atoms with van der Waals surface area (Å²) in [6.45, 7) is 0.675. The van der Waals surface area contributed by atoms with Crippen molar-refractivity contribution in [2.24, 2.45) is 0 Å². The Balaban J connectivity index is 1.34. The lowest BCUT2D eigenvalue weighted by Crippen LogP contribution is -2.05. The molecule has 3 aromatic rings. The average molecular weight is 465 g/mol. The van der Waals surface area contributed by atoms with Gasteiger partial charge >= 0.3 is 7.82 Å². The van der Waals surface area contributed by atoms with Crippen molar-refractivity contribution in [2.75, 3.05) is 6.61 Å². The monoisotopic (exact) mass is 464 g/mol. The minimum absolute atomic E-state index is 0.178. The molecule has 174 valence electrons. The molecule has 0 aromatic heterocycles. The third kappa shape index (κ3) is 7.38. The van der Waals surface area contributed by atoms with Crippen LogP contribution in [0.4, 0.5) is 0 Å². The van der Waals surface area contributed by atoms with Crippen molar-refractivity contribution in [3.05, 3.63) is 107 Å². The smallest absolute Gasteiger partial charge is 0.287 e. The van der Waals surface area contributed by atoms with E-state index < -0.39 is 7.82 Å². The molecule has 1 fully saturated rings. The standard InChI is InChI=1S/C28H33O4P/c29-33(31-22-24-12-3-1-4-13-24,32-23-25-14-5-2-6-15-25)30-21-11-19-27-18-9-10-20-28(27)26-16-7-8-17-26/h1-6,9-10,12-15,18,20,26H,7-8,11,16-17,19,21-23H2. The Morgan fingerprint density at radius 3 is 1.85 bits per heavy atom. The Morgan fingerprint density at radius 2 is 1.24 bits per heavy atom. The number of hydrogen-bond acceptors (Lipinski definition) is 4. The predicted octanol–water partition coefficient (Wildman–Crippen LogP) is 7.84. The van der Waals surface area contributed by atoms with Crippen LogP contribution in [0, 0.1) is 0 Å². The lowest BCUT2D eigenvalue weighted by atomic mass is 9.91. The van der Waals surface area contributed by atoms with Gasteiger partial charge in [0.1, 0.15) is 0 Å². The minimum atomic E-state index is -3.70. The Bertz CT molecular complexity index is 969. The van der Waals surface area contributed by atoms with E-state index in [2.05, 4.69) is 24.3 Å². The van der Waals surface area contributed by atoms with Gasteiger partial charge in [-0.3, -0.25) is 13.6 Å². The molecule has 4 nitrogen and oxygen atoms in total. The highest BCUT2D eigenvalue weighted by atomic mass is 31.2. The Hall–Kier alpha value is -2.23. The summed E-state index contributed by atoms with van der Waals surface area (Å²) < 4.78 is 30.6. The summed E-state index contributed by atoms with van der Waals surface area (Å²) in [4.78, 5) is 0. The van der Waals surface area contributed by atoms with Crippen molar-refractivity contribution in [1.29, 1.82) is 0 Å². The molecule has 0 saturated heterocycles. The zero-order chi connectivity index (χ0) is 22.8. The summed E-state index contributed by atoms with van der Waals surface area (Å²) in [5, 5.41) is 0. The molecular weight excluding hydrogens is 431 g/mol. The van der Waals surface area contributed by atoms with Crippen LogP contribution in [0.25, 0.3) is 0 Å². The lowest BCUT2D eigenvalue weighted by molar-refractivity contribution is 0.102. The largest absolute Gasteiger partial charge is 0.475 e. The molecule has 0 unspecified atom stereocenters. The van der Waals surface area contributed by atoms with E-state index in [9.17, 15) is 4.57 Å². The van der Waals surface area contributed by atoms with Gasteiger partial charge in [-0.25, -0.2) is 4.57 Å². The van der Waals surface area contributed by atoms with E-state index in [-0.39, 0.29) is 13.2 Å². The quantitative estimate of drug-likeness (QED) is 0.202. The van der Waals surface area contributed by atoms with Gasteiger partial charge in [0, 0.05) is 0 Å². The predicted molar refractivity (Wildman–Crippen MR) is 132 cm³/mol. The van der Waals surface area contributed by atoms with Crippen molar-refractivity contribution in [1.82, 2.24) is 0 Å². The maximum Gasteiger partial charge on any atom is 0.475 e. The topological polar surface area (TPSA) is 44.8 Å². The highest BCUT2D eigenvalue weighted by Gasteiger charge is 2.27. The summed E-state index contributed by atoms with van der Waals surface area (Å²) in [5.41, 5.74) is 4.70. The fraction of sp³-hybridized carbons (Fsp3) is 0.357. The molecule has 1 saturated carbocycles. The van der Waals surface area contributed by atoms with Gasteiger partial charge in [0.05, 0.1) is 19.8 Å². The van der Waals surface area contributed by atoms with Crippen molar-refractivity contribution in [3.8, 4) is 0 Å². The third-order valence-electron chi connectivity index (χ3n) is 6.15. The summed E-state index contributed by atoms with van der Waals surface area (Å²) in [6, 6.07) is 28.0. The highest BCUT2D eigenvalue weighted by Crippen LogP contribution is 2.51. The Morgan fingerprint density at radius 1 is 0.697 bits per heavy atom. The molecule has 0 bridgehead atoms. The maximum absolute atomic E-state index is 13.4. The summed E-state index contributed by atoms with van der Waals surface area (Å²) in [6.07, 6.45) is 6.86. The molecule has 0 radical (unpaired) electrons. The fourth-order valence-corrected chi connectivity index (χ4v) is 5.59. The summed E-state index contributed by atoms with van der Waals surface area (Å²) in [7, 11) is -3.70. The normalized spacial score (nSPS) is 14.5. The van der Waals surface area contributed by atoms with Gasteiger partial charge in [-0.15, -0.1) is 0 Å². The lowest BCUT2D eigenvalue weighted by Gasteiger charge is -2.19. The van der Waals surface area contributed by atoms with Gasteiger partial charge in [0.15, 0.2) is 0 Å². The van der Waals surface area contributed by atoms with E-state index in [1.807, 2.05) is 60.7 Å². The highest BCUT2D eigenvalue weighted by molar-refractivity contribution is 7.48. The molecule has 0 heterocycles. The van der Waals surface area contributed by atoms with Gasteiger partial charge in [-0.05, 0) is 53.9 Å². The molecule has 3 aromatic carbocycles. The van der Waals surface area contributed by atoms with Gasteiger partial charge < -0.3 is 0 Å². The Labute approximate surface area is 197 Å². The average Bonchev–Trinajstić information content (AvgIpc) is 3.41. The number of rotatable bonds is 12. The van der Waals surface area contributed by atoms with E-state index in [1.54, 1.807) is 0 Å². The van der Waals surface area contributed by atoms with E-state index in [1.165, 1.54) is 36.8 Å². The molecule has 1 aliphatic rings. The van der Waals surface area contributed by atoms with Crippen LogP contribution in [-0.2, 0) is 37.8 Å². The summed E-state index contributed by atoms with van der Waals surface area (Å²) in [5.74, 6) is 0.677. The molecule has 0 N–H and O–H groups in total. The second-order valence-electron chi connectivity index (χ2n) is 8.58. The van der Waals surface area contributed by atoms with Crippen LogP contribution in [-0.4, -0.2) is 6.61 Å². The van der Waals surface area contributed by atoms with E-state index >= 15 is 0 Å². The van der Waals surface area contributed by atoms with Crippen molar-refractivity contribution in [2.45, 2.75) is 57.7 Å². The number of phosphoric ester groups is 1. The first-order valence-corrected chi connectivity index (χ1v) is 13.4. The third-order valence-corrected chi connectivity index (χ3v) is 7.54. The van der Waals surface area contributed by atoms with Crippen LogP contribution in [0.15, 0.2) is 84.9 Å². The first-order chi connectivity index (χ1) is 16.2. The van der Waals surface area contributed by atoms with Crippen LogP contribution in [0.3, 0.4) is 0 Å². The number of benzene rings is 3. The van der Waals surface area contributed by atoms with Crippen LogP contribution >= 0.6 is 7.82 Å². The molecule has 0 amide bonds.